The molecule has 4 atom stereocenters. The van der Waals surface area contributed by atoms with E-state index in [-0.39, 0.29) is 30.2 Å². The summed E-state index contributed by atoms with van der Waals surface area (Å²) >= 11 is 0. The molecule has 2 aliphatic heterocycles. The van der Waals surface area contributed by atoms with E-state index in [1.807, 2.05) is 17.7 Å². The van der Waals surface area contributed by atoms with Crippen molar-refractivity contribution in [3.05, 3.63) is 35.5 Å². The summed E-state index contributed by atoms with van der Waals surface area (Å²) in [6, 6.07) is 1.62. The minimum Gasteiger partial charge on any atom is -0.459 e. The predicted octanol–water partition coefficient (Wildman–Crippen LogP) is 2.69. The second-order valence-electron chi connectivity index (χ2n) is 8.77. The van der Waals surface area contributed by atoms with E-state index in [1.165, 1.54) is 32.1 Å². The van der Waals surface area contributed by atoms with Crippen LogP contribution in [0.5, 0.6) is 0 Å². The Hall–Kier alpha value is -2.19. The Morgan fingerprint density at radius 1 is 1.20 bits per heavy atom. The van der Waals surface area contributed by atoms with Crippen LogP contribution in [-0.2, 0) is 22.3 Å². The zero-order valence-electron chi connectivity index (χ0n) is 17.5. The lowest BCUT2D eigenvalue weighted by molar-refractivity contribution is 0.0612. The smallest absolute Gasteiger partial charge is 0.287 e. The molecule has 162 valence electrons. The molecular weight excluding hydrogens is 384 g/mol. The van der Waals surface area contributed by atoms with Gasteiger partial charge in [0.2, 0.25) is 0 Å². The number of aryl methyl sites for hydroxylation is 1. The number of carbonyl (C=O) groups excluding carboxylic acids is 1. The molecule has 3 aliphatic rings. The van der Waals surface area contributed by atoms with E-state index in [0.717, 1.165) is 30.0 Å². The fourth-order valence-electron chi connectivity index (χ4n) is 5.13. The molecule has 2 aromatic heterocycles. The molecule has 4 unspecified atom stereocenters. The van der Waals surface area contributed by atoms with Crippen LogP contribution in [0.3, 0.4) is 0 Å². The van der Waals surface area contributed by atoms with E-state index >= 15 is 0 Å². The van der Waals surface area contributed by atoms with Crippen molar-refractivity contribution in [3.63, 3.8) is 0 Å². The highest BCUT2D eigenvalue weighted by Crippen LogP contribution is 2.34. The van der Waals surface area contributed by atoms with Crippen LogP contribution in [0.4, 0.5) is 0 Å². The second-order valence-corrected chi connectivity index (χ2v) is 8.77. The van der Waals surface area contributed by atoms with Crippen molar-refractivity contribution in [2.45, 2.75) is 76.2 Å². The molecule has 1 N–H and O–H groups in total. The van der Waals surface area contributed by atoms with Crippen molar-refractivity contribution >= 4 is 5.91 Å². The number of rotatable bonds is 6. The summed E-state index contributed by atoms with van der Waals surface area (Å²) in [5.74, 6) is 0.890. The van der Waals surface area contributed by atoms with Gasteiger partial charge in [0.05, 0.1) is 31.2 Å². The molecule has 1 amide bonds. The van der Waals surface area contributed by atoms with Crippen molar-refractivity contribution in [1.82, 2.24) is 20.3 Å². The van der Waals surface area contributed by atoms with E-state index in [1.54, 1.807) is 6.26 Å². The van der Waals surface area contributed by atoms with Crippen LogP contribution >= 0.6 is 0 Å². The number of hydrogen-bond donors (Lipinski definition) is 1. The van der Waals surface area contributed by atoms with Crippen molar-refractivity contribution < 1.29 is 18.7 Å². The number of fused-ring (bicyclic) bond motifs is 1. The topological polar surface area (TPSA) is 91.4 Å². The zero-order valence-corrected chi connectivity index (χ0v) is 17.5. The van der Waals surface area contributed by atoms with E-state index < -0.39 is 0 Å². The largest absolute Gasteiger partial charge is 0.459 e. The van der Waals surface area contributed by atoms with Gasteiger partial charge in [-0.25, -0.2) is 4.68 Å². The van der Waals surface area contributed by atoms with Gasteiger partial charge in [-0.2, -0.15) is 0 Å². The Balaban J connectivity index is 1.21. The van der Waals surface area contributed by atoms with Gasteiger partial charge in [-0.3, -0.25) is 4.79 Å². The second kappa shape index (κ2) is 8.51. The Morgan fingerprint density at radius 3 is 2.87 bits per heavy atom. The molecule has 1 saturated carbocycles. The van der Waals surface area contributed by atoms with Crippen molar-refractivity contribution in [2.24, 2.45) is 5.92 Å². The van der Waals surface area contributed by atoms with Gasteiger partial charge in [-0.15, -0.1) is 5.10 Å². The van der Waals surface area contributed by atoms with Crippen molar-refractivity contribution in [1.29, 1.82) is 0 Å². The summed E-state index contributed by atoms with van der Waals surface area (Å²) in [6.07, 6.45) is 11.6. The van der Waals surface area contributed by atoms with Gasteiger partial charge in [0.1, 0.15) is 18.2 Å². The molecule has 5 rings (SSSR count). The molecule has 0 aromatic carbocycles. The van der Waals surface area contributed by atoms with Gasteiger partial charge in [-0.1, -0.05) is 44.2 Å². The molecule has 1 aliphatic carbocycles. The molecule has 0 radical (unpaired) electrons. The molecule has 2 saturated heterocycles. The lowest BCUT2D eigenvalue weighted by Gasteiger charge is -2.20. The minimum absolute atomic E-state index is 0.0145. The Kier molecular flexibility index (Phi) is 5.60. The van der Waals surface area contributed by atoms with Gasteiger partial charge in [0.15, 0.2) is 5.76 Å². The molecule has 30 heavy (non-hydrogen) atoms. The standard InChI is InChI=1S/C22H30N4O4/c1-2-15-8-9-28-19(15)22(27)23-17-12-29-21-18(13-30-20(17)21)26-11-16(24-25-26)10-14-6-4-3-5-7-14/h8-9,11,14,17-18,20-21H,2-7,10,12-13H2,1H3,(H,23,27). The average Bonchev–Trinajstić information content (AvgIpc) is 3.54. The molecule has 2 aromatic rings. The number of hydrogen-bond acceptors (Lipinski definition) is 6. The normalized spacial score (nSPS) is 29.2. The quantitative estimate of drug-likeness (QED) is 0.781. The molecule has 0 bridgehead atoms. The number of amides is 1. The summed E-state index contributed by atoms with van der Waals surface area (Å²) < 4.78 is 19.3. The molecule has 8 heteroatoms. The molecule has 8 nitrogen and oxygen atoms in total. The predicted molar refractivity (Wildman–Crippen MR) is 108 cm³/mol. The van der Waals surface area contributed by atoms with Crippen LogP contribution in [0.1, 0.15) is 66.9 Å². The van der Waals surface area contributed by atoms with Crippen LogP contribution in [0, 0.1) is 5.92 Å². The summed E-state index contributed by atoms with van der Waals surface area (Å²) in [4.78, 5) is 12.6. The van der Waals surface area contributed by atoms with Gasteiger partial charge < -0.3 is 19.2 Å². The highest BCUT2D eigenvalue weighted by molar-refractivity contribution is 5.93. The fourth-order valence-corrected chi connectivity index (χ4v) is 5.13. The average molecular weight is 415 g/mol. The third-order valence-corrected chi connectivity index (χ3v) is 6.80. The third kappa shape index (κ3) is 3.78. The van der Waals surface area contributed by atoms with Crippen LogP contribution in [-0.4, -0.2) is 52.4 Å². The number of nitrogens with one attached hydrogen (secondary N) is 1. The number of ether oxygens (including phenoxy) is 2. The lowest BCUT2D eigenvalue weighted by atomic mass is 9.86. The van der Waals surface area contributed by atoms with Gasteiger partial charge >= 0.3 is 0 Å². The van der Waals surface area contributed by atoms with Crippen LogP contribution in [0.2, 0.25) is 0 Å². The van der Waals surface area contributed by atoms with Crippen molar-refractivity contribution in [3.8, 4) is 0 Å². The number of furan rings is 1. The Labute approximate surface area is 176 Å². The SMILES string of the molecule is CCc1ccoc1C(=O)NC1COC2C1OCC2n1cc(CC2CCCCC2)nn1. The van der Waals surface area contributed by atoms with Crippen molar-refractivity contribution in [2.75, 3.05) is 13.2 Å². The van der Waals surface area contributed by atoms with E-state index in [2.05, 4.69) is 21.8 Å². The third-order valence-electron chi connectivity index (χ3n) is 6.80. The summed E-state index contributed by atoms with van der Waals surface area (Å²) in [5, 5.41) is 11.8. The van der Waals surface area contributed by atoms with Gasteiger partial charge in [0.25, 0.3) is 5.91 Å². The highest BCUT2D eigenvalue weighted by atomic mass is 16.6. The maximum Gasteiger partial charge on any atom is 0.287 e. The number of nitrogens with zero attached hydrogens (tertiary/aromatic N) is 3. The first-order chi connectivity index (χ1) is 14.7. The van der Waals surface area contributed by atoms with Gasteiger partial charge in [0, 0.05) is 11.8 Å². The minimum atomic E-state index is -0.214. The van der Waals surface area contributed by atoms with Gasteiger partial charge in [-0.05, 0) is 24.8 Å². The van der Waals surface area contributed by atoms with Crippen LogP contribution < -0.4 is 5.32 Å². The van der Waals surface area contributed by atoms with E-state index in [9.17, 15) is 4.79 Å². The maximum absolute atomic E-state index is 12.6. The summed E-state index contributed by atoms with van der Waals surface area (Å²) in [6.45, 7) is 2.93. The molecule has 4 heterocycles. The Morgan fingerprint density at radius 2 is 2.03 bits per heavy atom. The first-order valence-corrected chi connectivity index (χ1v) is 11.2. The summed E-state index contributed by atoms with van der Waals surface area (Å²) in [5.41, 5.74) is 1.96. The first-order valence-electron chi connectivity index (χ1n) is 11.2. The van der Waals surface area contributed by atoms with Crippen LogP contribution in [0.25, 0.3) is 0 Å². The number of aromatic nitrogens is 3. The molecular formula is C22H30N4O4. The monoisotopic (exact) mass is 414 g/mol. The fraction of sp³-hybridized carbons (Fsp3) is 0.682. The number of carbonyl (C=O) groups is 1. The highest BCUT2D eigenvalue weighted by Gasteiger charge is 2.49. The van der Waals surface area contributed by atoms with E-state index in [4.69, 9.17) is 13.9 Å². The zero-order chi connectivity index (χ0) is 20.5. The lowest BCUT2D eigenvalue weighted by Crippen LogP contribution is -2.44. The van der Waals surface area contributed by atoms with E-state index in [0.29, 0.717) is 19.0 Å². The molecule has 3 fully saturated rings. The molecule has 0 spiro atoms. The Bertz CT molecular complexity index is 872. The maximum atomic E-state index is 12.6. The summed E-state index contributed by atoms with van der Waals surface area (Å²) in [7, 11) is 0. The first kappa shape index (κ1) is 19.8. The van der Waals surface area contributed by atoms with Crippen LogP contribution in [0.15, 0.2) is 22.9 Å².